The lowest BCUT2D eigenvalue weighted by atomic mass is 9.85. The van der Waals surface area contributed by atoms with Crippen LogP contribution in [0.1, 0.15) is 38.3 Å². The fourth-order valence-electron chi connectivity index (χ4n) is 2.65. The zero-order valence-corrected chi connectivity index (χ0v) is 11.3. The molecule has 0 aliphatic heterocycles. The number of alkyl halides is 1. The van der Waals surface area contributed by atoms with Crippen LogP contribution in [0.2, 0.25) is 0 Å². The second kappa shape index (κ2) is 5.67. The van der Waals surface area contributed by atoms with E-state index in [9.17, 15) is 0 Å². The molecular formula is C13H20ClN3. The highest BCUT2D eigenvalue weighted by Gasteiger charge is 2.25. The molecule has 1 aromatic heterocycles. The molecule has 2 unspecified atom stereocenters. The predicted molar refractivity (Wildman–Crippen MR) is 71.4 cm³/mol. The summed E-state index contributed by atoms with van der Waals surface area (Å²) in [5.41, 5.74) is 0.834. The number of aromatic nitrogens is 2. The van der Waals surface area contributed by atoms with Gasteiger partial charge >= 0.3 is 0 Å². The highest BCUT2D eigenvalue weighted by atomic mass is 35.5. The third kappa shape index (κ3) is 2.89. The fourth-order valence-corrected chi connectivity index (χ4v) is 2.80. The van der Waals surface area contributed by atoms with Gasteiger partial charge in [-0.3, -0.25) is 0 Å². The minimum Gasteiger partial charge on any atom is -0.355 e. The zero-order valence-electron chi connectivity index (χ0n) is 10.6. The van der Waals surface area contributed by atoms with E-state index in [4.69, 9.17) is 11.6 Å². The largest absolute Gasteiger partial charge is 0.355 e. The molecule has 1 saturated carbocycles. The highest BCUT2D eigenvalue weighted by molar-refractivity contribution is 6.16. The summed E-state index contributed by atoms with van der Waals surface area (Å²) in [6.45, 7) is 2.33. The molecule has 4 heteroatoms. The Kier molecular flexibility index (Phi) is 4.21. The van der Waals surface area contributed by atoms with E-state index in [1.165, 1.54) is 25.7 Å². The lowest BCUT2D eigenvalue weighted by molar-refractivity contribution is 0.320. The topological polar surface area (TPSA) is 29.0 Å². The van der Waals surface area contributed by atoms with Gasteiger partial charge in [-0.2, -0.15) is 5.10 Å². The SMILES string of the molecule is CC1CCCCC1N(C)c1ccc(CCl)nn1. The molecule has 2 rings (SSSR count). The number of nitrogens with zero attached hydrogens (tertiary/aromatic N) is 3. The van der Waals surface area contributed by atoms with Gasteiger partial charge in [0.05, 0.1) is 11.6 Å². The van der Waals surface area contributed by atoms with Crippen LogP contribution >= 0.6 is 11.6 Å². The Morgan fingerprint density at radius 2 is 2.06 bits per heavy atom. The number of anilines is 1. The van der Waals surface area contributed by atoms with Crippen molar-refractivity contribution in [3.63, 3.8) is 0 Å². The molecule has 0 spiro atoms. The van der Waals surface area contributed by atoms with Gasteiger partial charge in [0.25, 0.3) is 0 Å². The maximum atomic E-state index is 5.71. The Bertz CT molecular complexity index is 352. The average molecular weight is 254 g/mol. The van der Waals surface area contributed by atoms with E-state index < -0.39 is 0 Å². The zero-order chi connectivity index (χ0) is 12.3. The van der Waals surface area contributed by atoms with Crippen LogP contribution in [0.5, 0.6) is 0 Å². The normalized spacial score (nSPS) is 24.6. The van der Waals surface area contributed by atoms with Gasteiger partial charge in [0.1, 0.15) is 0 Å². The summed E-state index contributed by atoms with van der Waals surface area (Å²) < 4.78 is 0. The summed E-state index contributed by atoms with van der Waals surface area (Å²) in [6, 6.07) is 4.57. The molecule has 1 aliphatic rings. The molecule has 0 saturated heterocycles. The minimum absolute atomic E-state index is 0.427. The van der Waals surface area contributed by atoms with E-state index in [2.05, 4.69) is 29.1 Å². The highest BCUT2D eigenvalue weighted by Crippen LogP contribution is 2.29. The number of hydrogen-bond donors (Lipinski definition) is 0. The molecular weight excluding hydrogens is 234 g/mol. The Morgan fingerprint density at radius 1 is 1.29 bits per heavy atom. The monoisotopic (exact) mass is 253 g/mol. The van der Waals surface area contributed by atoms with E-state index in [1.54, 1.807) is 0 Å². The van der Waals surface area contributed by atoms with Crippen molar-refractivity contribution in [1.82, 2.24) is 10.2 Å². The Labute approximate surface area is 108 Å². The summed E-state index contributed by atoms with van der Waals surface area (Å²) in [5, 5.41) is 8.37. The van der Waals surface area contributed by atoms with Gasteiger partial charge in [0, 0.05) is 13.1 Å². The van der Waals surface area contributed by atoms with Crippen LogP contribution < -0.4 is 4.90 Å². The van der Waals surface area contributed by atoms with Gasteiger partial charge in [-0.15, -0.1) is 16.7 Å². The molecule has 1 aromatic rings. The molecule has 0 radical (unpaired) electrons. The first-order valence-corrected chi connectivity index (χ1v) is 6.87. The summed E-state index contributed by atoms with van der Waals surface area (Å²) in [6.07, 6.45) is 5.27. The Hall–Kier alpha value is -0.830. The number of rotatable bonds is 3. The van der Waals surface area contributed by atoms with Crippen LogP contribution in [0.3, 0.4) is 0 Å². The molecule has 0 N–H and O–H groups in total. The van der Waals surface area contributed by atoms with Crippen molar-refractivity contribution in [2.24, 2.45) is 5.92 Å². The molecule has 17 heavy (non-hydrogen) atoms. The van der Waals surface area contributed by atoms with Crippen LogP contribution in [-0.4, -0.2) is 23.3 Å². The van der Waals surface area contributed by atoms with Gasteiger partial charge in [-0.25, -0.2) is 0 Å². The molecule has 1 aliphatic carbocycles. The van der Waals surface area contributed by atoms with E-state index in [0.29, 0.717) is 11.9 Å². The first-order valence-electron chi connectivity index (χ1n) is 6.33. The molecule has 1 fully saturated rings. The third-order valence-electron chi connectivity index (χ3n) is 3.77. The second-order valence-corrected chi connectivity index (χ2v) is 5.22. The van der Waals surface area contributed by atoms with Gasteiger partial charge in [0.15, 0.2) is 5.82 Å². The van der Waals surface area contributed by atoms with Crippen molar-refractivity contribution in [3.8, 4) is 0 Å². The smallest absolute Gasteiger partial charge is 0.151 e. The van der Waals surface area contributed by atoms with Crippen LogP contribution in [0.25, 0.3) is 0 Å². The fraction of sp³-hybridized carbons (Fsp3) is 0.692. The van der Waals surface area contributed by atoms with Crippen molar-refractivity contribution in [2.75, 3.05) is 11.9 Å². The third-order valence-corrected chi connectivity index (χ3v) is 4.04. The van der Waals surface area contributed by atoms with Crippen molar-refractivity contribution < 1.29 is 0 Å². The van der Waals surface area contributed by atoms with Crippen LogP contribution in [0.4, 0.5) is 5.82 Å². The standard InChI is InChI=1S/C13H20ClN3/c1-10-5-3-4-6-12(10)17(2)13-8-7-11(9-14)15-16-13/h7-8,10,12H,3-6,9H2,1-2H3. The summed E-state index contributed by atoms with van der Waals surface area (Å²) in [7, 11) is 2.12. The van der Waals surface area contributed by atoms with Crippen molar-refractivity contribution >= 4 is 17.4 Å². The average Bonchev–Trinajstić information content (AvgIpc) is 2.39. The minimum atomic E-state index is 0.427. The van der Waals surface area contributed by atoms with Gasteiger partial charge < -0.3 is 4.90 Å². The van der Waals surface area contributed by atoms with E-state index in [1.807, 2.05) is 12.1 Å². The van der Waals surface area contributed by atoms with Crippen molar-refractivity contribution in [2.45, 2.75) is 44.5 Å². The summed E-state index contributed by atoms with van der Waals surface area (Å²) in [4.78, 5) is 2.27. The van der Waals surface area contributed by atoms with E-state index in [-0.39, 0.29) is 0 Å². The van der Waals surface area contributed by atoms with Crippen LogP contribution in [-0.2, 0) is 5.88 Å². The molecule has 3 nitrogen and oxygen atoms in total. The van der Waals surface area contributed by atoms with Gasteiger partial charge in [-0.05, 0) is 30.9 Å². The lowest BCUT2D eigenvalue weighted by Gasteiger charge is -2.36. The second-order valence-electron chi connectivity index (χ2n) is 4.96. The number of halogens is 1. The number of hydrogen-bond acceptors (Lipinski definition) is 3. The van der Waals surface area contributed by atoms with E-state index >= 15 is 0 Å². The van der Waals surface area contributed by atoms with Crippen molar-refractivity contribution in [1.29, 1.82) is 0 Å². The predicted octanol–water partition coefficient (Wildman–Crippen LogP) is 3.23. The molecule has 0 bridgehead atoms. The van der Waals surface area contributed by atoms with E-state index in [0.717, 1.165) is 17.4 Å². The quantitative estimate of drug-likeness (QED) is 0.775. The van der Waals surface area contributed by atoms with Crippen LogP contribution in [0, 0.1) is 5.92 Å². The van der Waals surface area contributed by atoms with Gasteiger partial charge in [-0.1, -0.05) is 19.8 Å². The van der Waals surface area contributed by atoms with Crippen molar-refractivity contribution in [3.05, 3.63) is 17.8 Å². The Balaban J connectivity index is 2.09. The summed E-state index contributed by atoms with van der Waals surface area (Å²) in [5.74, 6) is 2.12. The molecule has 0 amide bonds. The lowest BCUT2D eigenvalue weighted by Crippen LogP contribution is -2.39. The molecule has 1 heterocycles. The maximum absolute atomic E-state index is 5.71. The first kappa shape index (κ1) is 12.6. The van der Waals surface area contributed by atoms with Crippen LogP contribution in [0.15, 0.2) is 12.1 Å². The maximum Gasteiger partial charge on any atom is 0.151 e. The first-order chi connectivity index (χ1) is 8.22. The van der Waals surface area contributed by atoms with Gasteiger partial charge in [0.2, 0.25) is 0 Å². The Morgan fingerprint density at radius 3 is 2.65 bits per heavy atom. The summed E-state index contributed by atoms with van der Waals surface area (Å²) >= 11 is 5.71. The molecule has 2 atom stereocenters. The molecule has 0 aromatic carbocycles. The molecule has 94 valence electrons.